The van der Waals surface area contributed by atoms with Crippen LogP contribution in [-0.4, -0.2) is 7.11 Å². The van der Waals surface area contributed by atoms with E-state index in [-0.39, 0.29) is 5.43 Å². The summed E-state index contributed by atoms with van der Waals surface area (Å²) >= 11 is 0. The first-order valence-electron chi connectivity index (χ1n) is 5.71. The number of fused-ring (bicyclic) bond motifs is 2. The standard InChI is InChI=1S/C15H12O3/c1-9-7-10(17-2)8-13-14(9)15(16)11-5-3-4-6-12(11)18-13/h3-8H,1-2H3. The van der Waals surface area contributed by atoms with E-state index in [4.69, 9.17) is 9.15 Å². The van der Waals surface area contributed by atoms with E-state index in [1.165, 1.54) is 0 Å². The highest BCUT2D eigenvalue weighted by molar-refractivity contribution is 5.92. The summed E-state index contributed by atoms with van der Waals surface area (Å²) in [5.74, 6) is 0.693. The Morgan fingerprint density at radius 1 is 1.11 bits per heavy atom. The SMILES string of the molecule is COc1cc(C)c2c(=O)c3ccccc3oc2c1. The number of rotatable bonds is 1. The zero-order chi connectivity index (χ0) is 12.7. The predicted octanol–water partition coefficient (Wildman–Crippen LogP) is 3.26. The molecule has 3 heteroatoms. The quantitative estimate of drug-likeness (QED) is 0.613. The van der Waals surface area contributed by atoms with Crippen LogP contribution in [0.25, 0.3) is 21.9 Å². The third kappa shape index (κ3) is 1.48. The fourth-order valence-corrected chi connectivity index (χ4v) is 2.21. The molecular weight excluding hydrogens is 228 g/mol. The summed E-state index contributed by atoms with van der Waals surface area (Å²) < 4.78 is 11.0. The van der Waals surface area contributed by atoms with Crippen LogP contribution in [0.2, 0.25) is 0 Å². The van der Waals surface area contributed by atoms with Crippen molar-refractivity contribution in [1.82, 2.24) is 0 Å². The van der Waals surface area contributed by atoms with Crippen LogP contribution in [0.15, 0.2) is 45.6 Å². The molecule has 0 saturated carbocycles. The minimum Gasteiger partial charge on any atom is -0.497 e. The van der Waals surface area contributed by atoms with Crippen molar-refractivity contribution in [2.24, 2.45) is 0 Å². The minimum absolute atomic E-state index is 0.00648. The van der Waals surface area contributed by atoms with E-state index in [2.05, 4.69) is 0 Å². The highest BCUT2D eigenvalue weighted by atomic mass is 16.5. The lowest BCUT2D eigenvalue weighted by Gasteiger charge is -2.06. The van der Waals surface area contributed by atoms with Gasteiger partial charge in [0.05, 0.1) is 17.9 Å². The van der Waals surface area contributed by atoms with E-state index < -0.39 is 0 Å². The molecule has 18 heavy (non-hydrogen) atoms. The molecule has 0 saturated heterocycles. The Labute approximate surface area is 104 Å². The summed E-state index contributed by atoms with van der Waals surface area (Å²) in [6, 6.07) is 10.9. The molecule has 0 spiro atoms. The van der Waals surface area contributed by atoms with Crippen LogP contribution >= 0.6 is 0 Å². The molecule has 3 nitrogen and oxygen atoms in total. The Morgan fingerprint density at radius 3 is 2.67 bits per heavy atom. The zero-order valence-electron chi connectivity index (χ0n) is 10.2. The number of ether oxygens (including phenoxy) is 1. The van der Waals surface area contributed by atoms with Gasteiger partial charge in [-0.3, -0.25) is 4.79 Å². The maximum atomic E-state index is 12.4. The molecule has 3 rings (SSSR count). The van der Waals surface area contributed by atoms with Gasteiger partial charge in [0.15, 0.2) is 0 Å². The fraction of sp³-hybridized carbons (Fsp3) is 0.133. The van der Waals surface area contributed by atoms with Gasteiger partial charge in [-0.05, 0) is 30.7 Å². The largest absolute Gasteiger partial charge is 0.497 e. The average molecular weight is 240 g/mol. The molecule has 0 radical (unpaired) electrons. The number of hydrogen-bond donors (Lipinski definition) is 0. The number of benzene rings is 2. The van der Waals surface area contributed by atoms with Crippen LogP contribution in [0.5, 0.6) is 5.75 Å². The predicted molar refractivity (Wildman–Crippen MR) is 71.3 cm³/mol. The highest BCUT2D eigenvalue weighted by Crippen LogP contribution is 2.25. The Kier molecular flexibility index (Phi) is 2.33. The lowest BCUT2D eigenvalue weighted by Crippen LogP contribution is -2.04. The van der Waals surface area contributed by atoms with Gasteiger partial charge in [0.25, 0.3) is 0 Å². The molecule has 0 bridgehead atoms. The molecule has 2 aromatic carbocycles. The van der Waals surface area contributed by atoms with E-state index in [0.29, 0.717) is 27.7 Å². The van der Waals surface area contributed by atoms with Crippen molar-refractivity contribution < 1.29 is 9.15 Å². The van der Waals surface area contributed by atoms with E-state index in [1.807, 2.05) is 25.1 Å². The number of para-hydroxylation sites is 1. The molecule has 3 aromatic rings. The maximum absolute atomic E-state index is 12.4. The first kappa shape index (κ1) is 10.8. The number of methoxy groups -OCH3 is 1. The van der Waals surface area contributed by atoms with Crippen LogP contribution in [0.4, 0.5) is 0 Å². The molecule has 0 unspecified atom stereocenters. The van der Waals surface area contributed by atoms with Crippen LogP contribution in [0.3, 0.4) is 0 Å². The molecule has 0 aliphatic rings. The van der Waals surface area contributed by atoms with Gasteiger partial charge in [-0.2, -0.15) is 0 Å². The van der Waals surface area contributed by atoms with Gasteiger partial charge in [-0.25, -0.2) is 0 Å². The molecule has 0 N–H and O–H groups in total. The Morgan fingerprint density at radius 2 is 1.89 bits per heavy atom. The van der Waals surface area contributed by atoms with Crippen molar-refractivity contribution >= 4 is 21.9 Å². The smallest absolute Gasteiger partial charge is 0.200 e. The van der Waals surface area contributed by atoms with Crippen LogP contribution in [0, 0.1) is 6.92 Å². The van der Waals surface area contributed by atoms with Crippen molar-refractivity contribution in [3.63, 3.8) is 0 Å². The topological polar surface area (TPSA) is 39.4 Å². The van der Waals surface area contributed by atoms with E-state index in [0.717, 1.165) is 5.56 Å². The Bertz CT molecular complexity index is 800. The van der Waals surface area contributed by atoms with Crippen molar-refractivity contribution in [2.45, 2.75) is 6.92 Å². The number of aryl methyl sites for hydroxylation is 1. The molecule has 1 aromatic heterocycles. The molecule has 1 heterocycles. The third-order valence-corrected chi connectivity index (χ3v) is 3.09. The first-order chi connectivity index (χ1) is 8.70. The summed E-state index contributed by atoms with van der Waals surface area (Å²) in [4.78, 5) is 12.4. The van der Waals surface area contributed by atoms with Gasteiger partial charge in [0.1, 0.15) is 16.9 Å². The second-order valence-electron chi connectivity index (χ2n) is 4.24. The number of hydrogen-bond acceptors (Lipinski definition) is 3. The van der Waals surface area contributed by atoms with Crippen molar-refractivity contribution in [3.05, 3.63) is 52.2 Å². The monoisotopic (exact) mass is 240 g/mol. The first-order valence-corrected chi connectivity index (χ1v) is 5.71. The van der Waals surface area contributed by atoms with E-state index >= 15 is 0 Å². The summed E-state index contributed by atoms with van der Waals surface area (Å²) in [6.45, 7) is 1.89. The molecule has 0 atom stereocenters. The van der Waals surface area contributed by atoms with Crippen LogP contribution in [0.1, 0.15) is 5.56 Å². The Balaban J connectivity index is 2.56. The van der Waals surface area contributed by atoms with Crippen molar-refractivity contribution in [1.29, 1.82) is 0 Å². The van der Waals surface area contributed by atoms with E-state index in [1.54, 1.807) is 25.3 Å². The van der Waals surface area contributed by atoms with Gasteiger partial charge in [-0.15, -0.1) is 0 Å². The molecular formula is C15H12O3. The fourth-order valence-electron chi connectivity index (χ4n) is 2.21. The lowest BCUT2D eigenvalue weighted by atomic mass is 10.1. The molecule has 0 amide bonds. The third-order valence-electron chi connectivity index (χ3n) is 3.09. The van der Waals surface area contributed by atoms with Crippen LogP contribution < -0.4 is 10.2 Å². The summed E-state index contributed by atoms with van der Waals surface area (Å²) in [7, 11) is 1.60. The van der Waals surface area contributed by atoms with Gasteiger partial charge in [0, 0.05) is 6.07 Å². The molecule has 0 aliphatic carbocycles. The molecule has 90 valence electrons. The zero-order valence-corrected chi connectivity index (χ0v) is 10.2. The molecule has 0 fully saturated rings. The summed E-state index contributed by atoms with van der Waals surface area (Å²) in [5.41, 5.74) is 2.04. The van der Waals surface area contributed by atoms with Gasteiger partial charge >= 0.3 is 0 Å². The second kappa shape index (κ2) is 3.88. The normalized spacial score (nSPS) is 11.0. The lowest BCUT2D eigenvalue weighted by molar-refractivity contribution is 0.414. The van der Waals surface area contributed by atoms with Crippen LogP contribution in [-0.2, 0) is 0 Å². The minimum atomic E-state index is 0.00648. The van der Waals surface area contributed by atoms with E-state index in [9.17, 15) is 4.79 Å². The van der Waals surface area contributed by atoms with Gasteiger partial charge in [0.2, 0.25) is 5.43 Å². The van der Waals surface area contributed by atoms with Crippen molar-refractivity contribution in [3.8, 4) is 5.75 Å². The average Bonchev–Trinajstić information content (AvgIpc) is 2.38. The summed E-state index contributed by atoms with van der Waals surface area (Å²) in [6.07, 6.45) is 0. The van der Waals surface area contributed by atoms with Gasteiger partial charge in [-0.1, -0.05) is 12.1 Å². The molecule has 0 aliphatic heterocycles. The second-order valence-corrected chi connectivity index (χ2v) is 4.24. The van der Waals surface area contributed by atoms with Crippen molar-refractivity contribution in [2.75, 3.05) is 7.11 Å². The van der Waals surface area contributed by atoms with Gasteiger partial charge < -0.3 is 9.15 Å². The maximum Gasteiger partial charge on any atom is 0.200 e. The summed E-state index contributed by atoms with van der Waals surface area (Å²) in [5, 5.41) is 1.23. The Hall–Kier alpha value is -2.29. The highest BCUT2D eigenvalue weighted by Gasteiger charge is 2.10.